The zero-order chi connectivity index (χ0) is 18.4. The van der Waals surface area contributed by atoms with Gasteiger partial charge in [0.05, 0.1) is 17.4 Å². The van der Waals surface area contributed by atoms with Gasteiger partial charge >= 0.3 is 0 Å². The van der Waals surface area contributed by atoms with Crippen molar-refractivity contribution in [3.8, 4) is 5.75 Å². The number of nitrogens with zero attached hydrogens (tertiary/aromatic N) is 1. The number of rotatable bonds is 6. The van der Waals surface area contributed by atoms with E-state index in [4.69, 9.17) is 10.5 Å². The summed E-state index contributed by atoms with van der Waals surface area (Å²) in [7, 11) is 0. The zero-order valence-electron chi connectivity index (χ0n) is 13.9. The third kappa shape index (κ3) is 4.24. The van der Waals surface area contributed by atoms with Gasteiger partial charge in [0.15, 0.2) is 0 Å². The molecule has 3 N–H and O–H groups in total. The highest BCUT2D eigenvalue weighted by Crippen LogP contribution is 2.19. The van der Waals surface area contributed by atoms with E-state index in [1.54, 1.807) is 67.0 Å². The molecule has 6 heteroatoms. The standard InChI is InChI=1S/C20H17N3O3/c21-19(24)17-8-1-2-9-18(17)26-13-14-5-3-6-15(11-14)20(25)23-16-7-4-10-22-12-16/h1-12H,13H2,(H2,21,24)(H,23,25). The fraction of sp³-hybridized carbons (Fsp3) is 0.0500. The number of aromatic nitrogens is 1. The molecular weight excluding hydrogens is 330 g/mol. The molecule has 3 rings (SSSR count). The SMILES string of the molecule is NC(=O)c1ccccc1OCc1cccc(C(=O)Nc2cccnc2)c1. The molecule has 0 saturated carbocycles. The van der Waals surface area contributed by atoms with Crippen molar-refractivity contribution < 1.29 is 14.3 Å². The lowest BCUT2D eigenvalue weighted by Crippen LogP contribution is -2.13. The van der Waals surface area contributed by atoms with Crippen LogP contribution < -0.4 is 15.8 Å². The lowest BCUT2D eigenvalue weighted by molar-refractivity contribution is 0.0994. The molecule has 0 radical (unpaired) electrons. The Morgan fingerprint density at radius 1 is 1.04 bits per heavy atom. The molecule has 3 aromatic rings. The van der Waals surface area contributed by atoms with Gasteiger partial charge in [0, 0.05) is 11.8 Å². The minimum absolute atomic E-state index is 0.207. The molecule has 0 aliphatic carbocycles. The zero-order valence-corrected chi connectivity index (χ0v) is 13.9. The highest BCUT2D eigenvalue weighted by atomic mass is 16.5. The molecule has 0 spiro atoms. The first-order valence-electron chi connectivity index (χ1n) is 7.95. The molecule has 0 fully saturated rings. The van der Waals surface area contributed by atoms with Crippen LogP contribution in [0.15, 0.2) is 73.1 Å². The van der Waals surface area contributed by atoms with Gasteiger partial charge in [-0.05, 0) is 42.0 Å². The molecule has 0 aliphatic heterocycles. The summed E-state index contributed by atoms with van der Waals surface area (Å²) in [5.41, 5.74) is 7.57. The molecule has 1 heterocycles. The van der Waals surface area contributed by atoms with Crippen LogP contribution in [0, 0.1) is 0 Å². The Morgan fingerprint density at radius 2 is 1.88 bits per heavy atom. The molecule has 26 heavy (non-hydrogen) atoms. The van der Waals surface area contributed by atoms with Gasteiger partial charge in [0.1, 0.15) is 12.4 Å². The number of pyridine rings is 1. The van der Waals surface area contributed by atoms with Crippen LogP contribution in [-0.4, -0.2) is 16.8 Å². The molecule has 6 nitrogen and oxygen atoms in total. The van der Waals surface area contributed by atoms with Crippen molar-refractivity contribution in [3.05, 3.63) is 89.7 Å². The second kappa shape index (κ2) is 7.94. The van der Waals surface area contributed by atoms with Gasteiger partial charge in [-0.2, -0.15) is 0 Å². The van der Waals surface area contributed by atoms with Gasteiger partial charge in [0.2, 0.25) is 0 Å². The van der Waals surface area contributed by atoms with Crippen molar-refractivity contribution in [2.24, 2.45) is 5.73 Å². The lowest BCUT2D eigenvalue weighted by atomic mass is 10.1. The number of carbonyl (C=O) groups excluding carboxylic acids is 2. The van der Waals surface area contributed by atoms with Crippen LogP contribution in [0.5, 0.6) is 5.75 Å². The molecular formula is C20H17N3O3. The Hall–Kier alpha value is -3.67. The minimum Gasteiger partial charge on any atom is -0.488 e. The molecule has 2 amide bonds. The molecule has 1 aromatic heterocycles. The Kier molecular flexibility index (Phi) is 5.24. The summed E-state index contributed by atoms with van der Waals surface area (Å²) in [6.45, 7) is 0.207. The highest BCUT2D eigenvalue weighted by Gasteiger charge is 2.10. The number of benzene rings is 2. The Bertz CT molecular complexity index is 926. The second-order valence-corrected chi connectivity index (χ2v) is 5.55. The third-order valence-corrected chi connectivity index (χ3v) is 3.66. The Balaban J connectivity index is 1.70. The van der Waals surface area contributed by atoms with Crippen LogP contribution in [0.4, 0.5) is 5.69 Å². The maximum atomic E-state index is 12.3. The number of nitrogens with two attached hydrogens (primary N) is 1. The summed E-state index contributed by atoms with van der Waals surface area (Å²) in [6.07, 6.45) is 3.21. The summed E-state index contributed by atoms with van der Waals surface area (Å²) in [5, 5.41) is 2.78. The monoisotopic (exact) mass is 347 g/mol. The second-order valence-electron chi connectivity index (χ2n) is 5.55. The van der Waals surface area contributed by atoms with Crippen molar-refractivity contribution >= 4 is 17.5 Å². The number of para-hydroxylation sites is 1. The number of anilines is 1. The molecule has 0 atom stereocenters. The molecule has 2 aromatic carbocycles. The van der Waals surface area contributed by atoms with Gasteiger partial charge in [-0.3, -0.25) is 14.6 Å². The van der Waals surface area contributed by atoms with Crippen molar-refractivity contribution in [2.75, 3.05) is 5.32 Å². The molecule has 130 valence electrons. The van der Waals surface area contributed by atoms with Crippen molar-refractivity contribution in [1.29, 1.82) is 0 Å². The van der Waals surface area contributed by atoms with Crippen LogP contribution >= 0.6 is 0 Å². The average Bonchev–Trinajstić information content (AvgIpc) is 2.67. The van der Waals surface area contributed by atoms with Crippen LogP contribution in [0.3, 0.4) is 0 Å². The highest BCUT2D eigenvalue weighted by molar-refractivity contribution is 6.04. The number of carbonyl (C=O) groups is 2. The Labute approximate surface area is 150 Å². The topological polar surface area (TPSA) is 94.3 Å². The van der Waals surface area contributed by atoms with E-state index in [9.17, 15) is 9.59 Å². The largest absolute Gasteiger partial charge is 0.488 e. The smallest absolute Gasteiger partial charge is 0.255 e. The minimum atomic E-state index is -0.551. The van der Waals surface area contributed by atoms with Crippen molar-refractivity contribution in [1.82, 2.24) is 4.98 Å². The molecule has 0 saturated heterocycles. The molecule has 0 unspecified atom stereocenters. The quantitative estimate of drug-likeness (QED) is 0.716. The number of hydrogen-bond donors (Lipinski definition) is 2. The van der Waals surface area contributed by atoms with Crippen molar-refractivity contribution in [3.63, 3.8) is 0 Å². The normalized spacial score (nSPS) is 10.2. The third-order valence-electron chi connectivity index (χ3n) is 3.66. The van der Waals surface area contributed by atoms with Gasteiger partial charge < -0.3 is 15.8 Å². The summed E-state index contributed by atoms with van der Waals surface area (Å²) in [6, 6.07) is 17.3. The summed E-state index contributed by atoms with van der Waals surface area (Å²) >= 11 is 0. The number of ether oxygens (including phenoxy) is 1. The van der Waals surface area contributed by atoms with E-state index in [2.05, 4.69) is 10.3 Å². The van der Waals surface area contributed by atoms with Gasteiger partial charge in [0.25, 0.3) is 11.8 Å². The first-order chi connectivity index (χ1) is 12.6. The average molecular weight is 347 g/mol. The molecule has 0 aliphatic rings. The number of nitrogens with one attached hydrogen (secondary N) is 1. The van der Waals surface area contributed by atoms with Crippen molar-refractivity contribution in [2.45, 2.75) is 6.61 Å². The fourth-order valence-corrected chi connectivity index (χ4v) is 2.40. The predicted octanol–water partition coefficient (Wildman–Crippen LogP) is 3.01. The summed E-state index contributed by atoms with van der Waals surface area (Å²) in [4.78, 5) is 27.7. The van der Waals surface area contributed by atoms with Gasteiger partial charge in [-0.15, -0.1) is 0 Å². The van der Waals surface area contributed by atoms with E-state index in [1.807, 2.05) is 6.07 Å². The predicted molar refractivity (Wildman–Crippen MR) is 97.9 cm³/mol. The van der Waals surface area contributed by atoms with E-state index >= 15 is 0 Å². The molecule has 0 bridgehead atoms. The summed E-state index contributed by atoms with van der Waals surface area (Å²) < 4.78 is 5.69. The van der Waals surface area contributed by atoms with E-state index in [0.717, 1.165) is 5.56 Å². The maximum absolute atomic E-state index is 12.3. The fourth-order valence-electron chi connectivity index (χ4n) is 2.40. The number of hydrogen-bond acceptors (Lipinski definition) is 4. The summed E-state index contributed by atoms with van der Waals surface area (Å²) in [5.74, 6) is -0.382. The van der Waals surface area contributed by atoms with Crippen LogP contribution in [0.25, 0.3) is 0 Å². The van der Waals surface area contributed by atoms with Gasteiger partial charge in [-0.25, -0.2) is 0 Å². The lowest BCUT2D eigenvalue weighted by Gasteiger charge is -2.10. The first kappa shape index (κ1) is 17.2. The first-order valence-corrected chi connectivity index (χ1v) is 7.95. The van der Waals surface area contributed by atoms with E-state index in [0.29, 0.717) is 22.6 Å². The van der Waals surface area contributed by atoms with Crippen LogP contribution in [-0.2, 0) is 6.61 Å². The van der Waals surface area contributed by atoms with Gasteiger partial charge in [-0.1, -0.05) is 24.3 Å². The number of primary amides is 1. The van der Waals surface area contributed by atoms with E-state index < -0.39 is 5.91 Å². The van der Waals surface area contributed by atoms with Crippen LogP contribution in [0.1, 0.15) is 26.3 Å². The van der Waals surface area contributed by atoms with E-state index in [1.165, 1.54) is 0 Å². The van der Waals surface area contributed by atoms with Crippen LogP contribution in [0.2, 0.25) is 0 Å². The van der Waals surface area contributed by atoms with E-state index in [-0.39, 0.29) is 12.5 Å². The maximum Gasteiger partial charge on any atom is 0.255 e. The number of amides is 2. The Morgan fingerprint density at radius 3 is 2.65 bits per heavy atom.